The zero-order valence-corrected chi connectivity index (χ0v) is 12.5. The predicted octanol–water partition coefficient (Wildman–Crippen LogP) is 0.503. The zero-order valence-electron chi connectivity index (χ0n) is 11.7. The van der Waals surface area contributed by atoms with Crippen molar-refractivity contribution in [2.75, 3.05) is 13.7 Å². The molecule has 0 saturated carbocycles. The molecule has 0 amide bonds. The highest BCUT2D eigenvalue weighted by Gasteiger charge is 2.39. The lowest BCUT2D eigenvalue weighted by molar-refractivity contribution is -0.139. The minimum absolute atomic E-state index is 0.231. The van der Waals surface area contributed by atoms with Gasteiger partial charge in [-0.25, -0.2) is 8.42 Å². The first kappa shape index (κ1) is 16.4. The maximum atomic E-state index is 12.4. The van der Waals surface area contributed by atoms with Crippen molar-refractivity contribution >= 4 is 16.0 Å². The van der Waals surface area contributed by atoms with Crippen LogP contribution in [0.5, 0.6) is 0 Å². The summed E-state index contributed by atoms with van der Waals surface area (Å²) in [5.41, 5.74) is 0. The number of piperidine rings is 1. The van der Waals surface area contributed by atoms with Crippen molar-refractivity contribution in [2.45, 2.75) is 56.9 Å². The quantitative estimate of drug-likeness (QED) is 0.746. The lowest BCUT2D eigenvalue weighted by atomic mass is 10.00. The van der Waals surface area contributed by atoms with Crippen molar-refractivity contribution < 1.29 is 23.1 Å². The Hall–Kier alpha value is -0.660. The average molecular weight is 293 g/mol. The molecular formula is C12H23NO5S. The fourth-order valence-electron chi connectivity index (χ4n) is 2.43. The van der Waals surface area contributed by atoms with E-state index in [1.165, 1.54) is 18.3 Å². The van der Waals surface area contributed by atoms with Crippen LogP contribution in [0.4, 0.5) is 0 Å². The molecule has 1 fully saturated rings. The van der Waals surface area contributed by atoms with Crippen LogP contribution < -0.4 is 0 Å². The van der Waals surface area contributed by atoms with E-state index in [9.17, 15) is 18.3 Å². The number of aliphatic hydroxyl groups is 1. The molecule has 3 atom stereocenters. The van der Waals surface area contributed by atoms with Gasteiger partial charge in [0.2, 0.25) is 10.0 Å². The van der Waals surface area contributed by atoms with Gasteiger partial charge in [-0.1, -0.05) is 6.42 Å². The third-order valence-corrected chi connectivity index (χ3v) is 5.71. The largest absolute Gasteiger partial charge is 0.468 e. The normalized spacial score (nSPS) is 24.7. The molecular weight excluding hydrogens is 270 g/mol. The van der Waals surface area contributed by atoms with Crippen molar-refractivity contribution in [3.63, 3.8) is 0 Å². The van der Waals surface area contributed by atoms with Gasteiger partial charge in [0.25, 0.3) is 0 Å². The molecule has 0 aromatic rings. The number of sulfonamides is 1. The van der Waals surface area contributed by atoms with Crippen molar-refractivity contribution in [3.05, 3.63) is 0 Å². The Morgan fingerprint density at radius 2 is 2.05 bits per heavy atom. The van der Waals surface area contributed by atoms with Crippen molar-refractivity contribution in [2.24, 2.45) is 0 Å². The SMILES string of the molecule is COC(=O)C(C)S(=O)(=O)N1CCCCC1CC(C)O. The predicted molar refractivity (Wildman–Crippen MR) is 71.0 cm³/mol. The molecule has 19 heavy (non-hydrogen) atoms. The molecule has 0 aromatic carbocycles. The minimum Gasteiger partial charge on any atom is -0.468 e. The lowest BCUT2D eigenvalue weighted by Crippen LogP contribution is -2.49. The number of esters is 1. The Labute approximate surface area is 114 Å². The summed E-state index contributed by atoms with van der Waals surface area (Å²) in [5.74, 6) is -0.749. The number of hydrogen-bond donors (Lipinski definition) is 1. The summed E-state index contributed by atoms with van der Waals surface area (Å²) in [6.45, 7) is 3.39. The Morgan fingerprint density at radius 1 is 1.42 bits per heavy atom. The van der Waals surface area contributed by atoms with E-state index in [4.69, 9.17) is 0 Å². The van der Waals surface area contributed by atoms with E-state index < -0.39 is 27.3 Å². The van der Waals surface area contributed by atoms with Crippen LogP contribution in [-0.2, 0) is 19.6 Å². The summed E-state index contributed by atoms with van der Waals surface area (Å²) in [6, 6.07) is -0.231. The van der Waals surface area contributed by atoms with E-state index in [0.717, 1.165) is 19.3 Å². The first-order valence-corrected chi connectivity index (χ1v) is 8.07. The number of carbonyl (C=O) groups excluding carboxylic acids is 1. The van der Waals surface area contributed by atoms with Crippen LogP contribution in [0.2, 0.25) is 0 Å². The standard InChI is InChI=1S/C12H23NO5S/c1-9(14)8-11-6-4-5-7-13(11)19(16,17)10(2)12(15)18-3/h9-11,14H,4-8H2,1-3H3. The average Bonchev–Trinajstić information content (AvgIpc) is 2.36. The van der Waals surface area contributed by atoms with Gasteiger partial charge in [0, 0.05) is 12.6 Å². The van der Waals surface area contributed by atoms with Crippen LogP contribution in [0.15, 0.2) is 0 Å². The molecule has 1 aliphatic heterocycles. The monoisotopic (exact) mass is 293 g/mol. The number of ether oxygens (including phenoxy) is 1. The first-order chi connectivity index (χ1) is 8.80. The van der Waals surface area contributed by atoms with Crippen LogP contribution in [0.1, 0.15) is 39.5 Å². The Balaban J connectivity index is 2.92. The smallest absolute Gasteiger partial charge is 0.325 e. The molecule has 0 aliphatic carbocycles. The topological polar surface area (TPSA) is 83.9 Å². The third kappa shape index (κ3) is 3.90. The molecule has 3 unspecified atom stereocenters. The van der Waals surface area contributed by atoms with Crippen molar-refractivity contribution in [1.82, 2.24) is 4.31 Å². The molecule has 7 heteroatoms. The molecule has 6 nitrogen and oxygen atoms in total. The summed E-state index contributed by atoms with van der Waals surface area (Å²) < 4.78 is 30.7. The van der Waals surface area contributed by atoms with Gasteiger partial charge >= 0.3 is 5.97 Å². The zero-order chi connectivity index (χ0) is 14.6. The van der Waals surface area contributed by atoms with Crippen LogP contribution in [0.3, 0.4) is 0 Å². The molecule has 1 saturated heterocycles. The molecule has 1 N–H and O–H groups in total. The molecule has 0 aromatic heterocycles. The highest BCUT2D eigenvalue weighted by atomic mass is 32.2. The fraction of sp³-hybridized carbons (Fsp3) is 0.917. The van der Waals surface area contributed by atoms with E-state index in [-0.39, 0.29) is 6.04 Å². The van der Waals surface area contributed by atoms with E-state index >= 15 is 0 Å². The van der Waals surface area contributed by atoms with E-state index in [2.05, 4.69) is 4.74 Å². The summed E-state index contributed by atoms with van der Waals surface area (Å²) in [4.78, 5) is 11.5. The number of nitrogens with zero attached hydrogens (tertiary/aromatic N) is 1. The Morgan fingerprint density at radius 3 is 2.58 bits per heavy atom. The molecule has 1 rings (SSSR count). The van der Waals surface area contributed by atoms with Crippen molar-refractivity contribution in [1.29, 1.82) is 0 Å². The number of methoxy groups -OCH3 is 1. The highest BCUT2D eigenvalue weighted by Crippen LogP contribution is 2.26. The summed E-state index contributed by atoms with van der Waals surface area (Å²) in [7, 11) is -2.54. The fourth-order valence-corrected chi connectivity index (χ4v) is 4.17. The second-order valence-electron chi connectivity index (χ2n) is 5.06. The van der Waals surface area contributed by atoms with E-state index in [1.807, 2.05) is 0 Å². The second-order valence-corrected chi connectivity index (χ2v) is 7.26. The van der Waals surface area contributed by atoms with Crippen molar-refractivity contribution in [3.8, 4) is 0 Å². The van der Waals surface area contributed by atoms with Gasteiger partial charge in [-0.3, -0.25) is 4.79 Å². The molecule has 112 valence electrons. The number of hydrogen-bond acceptors (Lipinski definition) is 5. The van der Waals surface area contributed by atoms with Crippen LogP contribution in [0, 0.1) is 0 Å². The number of aliphatic hydroxyl groups excluding tert-OH is 1. The van der Waals surface area contributed by atoms with Gasteiger partial charge in [-0.15, -0.1) is 0 Å². The van der Waals surface area contributed by atoms with Gasteiger partial charge in [0.1, 0.15) is 0 Å². The summed E-state index contributed by atoms with van der Waals surface area (Å²) in [6.07, 6.45) is 2.28. The van der Waals surface area contributed by atoms with Crippen LogP contribution in [-0.4, -0.2) is 54.8 Å². The lowest BCUT2D eigenvalue weighted by Gasteiger charge is -2.36. The van der Waals surface area contributed by atoms with Gasteiger partial charge in [-0.05, 0) is 33.1 Å². The van der Waals surface area contributed by atoms with Gasteiger partial charge in [0.05, 0.1) is 13.2 Å². The molecule has 1 aliphatic rings. The Bertz CT molecular complexity index is 406. The molecule has 0 spiro atoms. The number of rotatable bonds is 5. The minimum atomic E-state index is -3.72. The summed E-state index contributed by atoms with van der Waals surface area (Å²) >= 11 is 0. The van der Waals surface area contributed by atoms with E-state index in [1.54, 1.807) is 6.92 Å². The Kier molecular flexibility index (Phi) is 5.76. The first-order valence-electron chi connectivity index (χ1n) is 6.57. The molecule has 0 bridgehead atoms. The summed E-state index contributed by atoms with van der Waals surface area (Å²) in [5, 5.41) is 8.27. The van der Waals surface area contributed by atoms with E-state index in [0.29, 0.717) is 13.0 Å². The van der Waals surface area contributed by atoms with Gasteiger partial charge in [0.15, 0.2) is 5.25 Å². The third-order valence-electron chi connectivity index (χ3n) is 3.49. The maximum Gasteiger partial charge on any atom is 0.325 e. The number of carbonyl (C=O) groups is 1. The highest BCUT2D eigenvalue weighted by molar-refractivity contribution is 7.90. The van der Waals surface area contributed by atoms with Crippen LogP contribution in [0.25, 0.3) is 0 Å². The molecule has 0 radical (unpaired) electrons. The second kappa shape index (κ2) is 6.67. The maximum absolute atomic E-state index is 12.4. The van der Waals surface area contributed by atoms with Crippen LogP contribution >= 0.6 is 0 Å². The van der Waals surface area contributed by atoms with Gasteiger partial charge in [-0.2, -0.15) is 4.31 Å². The molecule has 1 heterocycles. The van der Waals surface area contributed by atoms with Gasteiger partial charge < -0.3 is 9.84 Å².